The largest absolute Gasteiger partial charge is 0.496 e. The maximum absolute atomic E-state index is 6.19. The number of benzene rings is 2. The molecule has 0 bridgehead atoms. The van der Waals surface area contributed by atoms with Gasteiger partial charge < -0.3 is 4.74 Å². The summed E-state index contributed by atoms with van der Waals surface area (Å²) in [5.41, 5.74) is 5.08. The van der Waals surface area contributed by atoms with Crippen LogP contribution in [0.4, 0.5) is 0 Å². The fourth-order valence-electron chi connectivity index (χ4n) is 2.26. The predicted molar refractivity (Wildman–Crippen MR) is 83.0 cm³/mol. The molecule has 1 atom stereocenters. The van der Waals surface area contributed by atoms with Crippen molar-refractivity contribution in [3.63, 3.8) is 0 Å². The monoisotopic (exact) mass is 290 g/mol. The summed E-state index contributed by atoms with van der Waals surface area (Å²) in [5.74, 6) is 6.56. The molecule has 1 unspecified atom stereocenters. The molecule has 0 aromatic heterocycles. The summed E-state index contributed by atoms with van der Waals surface area (Å²) in [6.45, 7) is 0. The van der Waals surface area contributed by atoms with E-state index < -0.39 is 0 Å². The highest BCUT2D eigenvalue weighted by Gasteiger charge is 2.13. The van der Waals surface area contributed by atoms with Gasteiger partial charge in [0, 0.05) is 11.1 Å². The Balaban J connectivity index is 2.11. The molecule has 2 rings (SSSR count). The van der Waals surface area contributed by atoms with Crippen molar-refractivity contribution in [2.45, 2.75) is 18.9 Å². The van der Waals surface area contributed by atoms with Crippen LogP contribution in [0.3, 0.4) is 0 Å². The molecule has 0 aliphatic carbocycles. The van der Waals surface area contributed by atoms with Gasteiger partial charge in [-0.15, -0.1) is 0 Å². The Hall–Kier alpha value is -1.55. The van der Waals surface area contributed by atoms with Gasteiger partial charge in [0.15, 0.2) is 0 Å². The summed E-state index contributed by atoms with van der Waals surface area (Å²) in [6.07, 6.45) is 1.56. The molecule has 0 spiro atoms. The Morgan fingerprint density at radius 1 is 1.05 bits per heavy atom. The van der Waals surface area contributed by atoms with Crippen LogP contribution in [0.2, 0.25) is 5.02 Å². The first-order valence-electron chi connectivity index (χ1n) is 6.56. The van der Waals surface area contributed by atoms with Crippen LogP contribution in [0, 0.1) is 0 Å². The lowest BCUT2D eigenvalue weighted by Gasteiger charge is -2.18. The smallest absolute Gasteiger partial charge is 0.122 e. The topological polar surface area (TPSA) is 47.3 Å². The molecule has 0 heterocycles. The van der Waals surface area contributed by atoms with E-state index in [9.17, 15) is 0 Å². The minimum absolute atomic E-state index is 0.103. The van der Waals surface area contributed by atoms with Gasteiger partial charge in [-0.3, -0.25) is 11.3 Å². The third-order valence-corrected chi connectivity index (χ3v) is 3.69. The van der Waals surface area contributed by atoms with Crippen LogP contribution >= 0.6 is 11.6 Å². The highest BCUT2D eigenvalue weighted by Crippen LogP contribution is 2.22. The number of halogens is 1. The van der Waals surface area contributed by atoms with Crippen LogP contribution in [-0.2, 0) is 12.8 Å². The second-order valence-corrected chi connectivity index (χ2v) is 5.08. The zero-order valence-electron chi connectivity index (χ0n) is 11.5. The first-order valence-corrected chi connectivity index (χ1v) is 6.93. The molecule has 106 valence electrons. The van der Waals surface area contributed by atoms with E-state index in [0.29, 0.717) is 0 Å². The average Bonchev–Trinajstić information content (AvgIpc) is 2.49. The van der Waals surface area contributed by atoms with E-state index in [1.807, 2.05) is 42.5 Å². The van der Waals surface area contributed by atoms with E-state index in [0.717, 1.165) is 34.7 Å². The SMILES string of the molecule is COc1ccccc1CC(Cc1ccccc1Cl)NN. The lowest BCUT2D eigenvalue weighted by molar-refractivity contribution is 0.404. The number of hydrazine groups is 1. The van der Waals surface area contributed by atoms with E-state index in [1.165, 1.54) is 0 Å². The number of ether oxygens (including phenoxy) is 1. The predicted octanol–water partition coefficient (Wildman–Crippen LogP) is 2.97. The van der Waals surface area contributed by atoms with Gasteiger partial charge in [0.2, 0.25) is 0 Å². The summed E-state index contributed by atoms with van der Waals surface area (Å²) in [5, 5.41) is 0.771. The van der Waals surface area contributed by atoms with Gasteiger partial charge in [0.05, 0.1) is 7.11 Å². The Morgan fingerprint density at radius 3 is 2.30 bits per heavy atom. The van der Waals surface area contributed by atoms with Gasteiger partial charge in [-0.05, 0) is 36.1 Å². The molecule has 0 fully saturated rings. The van der Waals surface area contributed by atoms with E-state index in [4.69, 9.17) is 22.2 Å². The van der Waals surface area contributed by atoms with Crippen molar-refractivity contribution in [3.8, 4) is 5.75 Å². The summed E-state index contributed by atoms with van der Waals surface area (Å²) >= 11 is 6.19. The summed E-state index contributed by atoms with van der Waals surface area (Å²) in [6, 6.07) is 15.9. The van der Waals surface area contributed by atoms with Crippen molar-refractivity contribution < 1.29 is 4.74 Å². The fraction of sp³-hybridized carbons (Fsp3) is 0.250. The fourth-order valence-corrected chi connectivity index (χ4v) is 2.47. The minimum Gasteiger partial charge on any atom is -0.496 e. The lowest BCUT2D eigenvalue weighted by Crippen LogP contribution is -2.38. The average molecular weight is 291 g/mol. The second-order valence-electron chi connectivity index (χ2n) is 4.68. The van der Waals surface area contributed by atoms with Gasteiger partial charge >= 0.3 is 0 Å². The molecule has 3 nitrogen and oxygen atoms in total. The summed E-state index contributed by atoms with van der Waals surface area (Å²) in [7, 11) is 1.68. The molecule has 0 aliphatic heterocycles. The van der Waals surface area contributed by atoms with Crippen LogP contribution in [0.5, 0.6) is 5.75 Å². The van der Waals surface area contributed by atoms with Crippen molar-refractivity contribution >= 4 is 11.6 Å². The first-order chi connectivity index (χ1) is 9.74. The molecule has 20 heavy (non-hydrogen) atoms. The van der Waals surface area contributed by atoms with Crippen molar-refractivity contribution in [2.75, 3.05) is 7.11 Å². The van der Waals surface area contributed by atoms with E-state index in [1.54, 1.807) is 7.11 Å². The number of hydrogen-bond acceptors (Lipinski definition) is 3. The summed E-state index contributed by atoms with van der Waals surface area (Å²) < 4.78 is 5.37. The maximum atomic E-state index is 6.19. The molecular formula is C16H19ClN2O. The second kappa shape index (κ2) is 7.29. The normalized spacial score (nSPS) is 12.2. The zero-order valence-corrected chi connectivity index (χ0v) is 12.2. The maximum Gasteiger partial charge on any atom is 0.122 e. The van der Waals surface area contributed by atoms with Crippen LogP contribution in [-0.4, -0.2) is 13.2 Å². The summed E-state index contributed by atoms with van der Waals surface area (Å²) in [4.78, 5) is 0. The van der Waals surface area contributed by atoms with E-state index >= 15 is 0 Å². The first kappa shape index (κ1) is 14.9. The highest BCUT2D eigenvalue weighted by molar-refractivity contribution is 6.31. The van der Waals surface area contributed by atoms with Gasteiger partial charge in [0.1, 0.15) is 5.75 Å². The molecule has 0 saturated carbocycles. The Bertz CT molecular complexity index is 560. The molecule has 4 heteroatoms. The third kappa shape index (κ3) is 3.73. The Morgan fingerprint density at radius 2 is 1.65 bits per heavy atom. The van der Waals surface area contributed by atoms with Crippen molar-refractivity contribution in [2.24, 2.45) is 5.84 Å². The molecule has 2 aromatic carbocycles. The van der Waals surface area contributed by atoms with Crippen LogP contribution < -0.4 is 16.0 Å². The number of hydrogen-bond donors (Lipinski definition) is 2. The molecule has 2 aromatic rings. The molecule has 3 N–H and O–H groups in total. The number of nitrogens with two attached hydrogens (primary N) is 1. The third-order valence-electron chi connectivity index (χ3n) is 3.32. The lowest BCUT2D eigenvalue weighted by atomic mass is 9.99. The molecule has 0 saturated heterocycles. The quantitative estimate of drug-likeness (QED) is 0.635. The number of nitrogens with one attached hydrogen (secondary N) is 1. The molecule has 0 radical (unpaired) electrons. The van der Waals surface area contributed by atoms with Gasteiger partial charge in [-0.25, -0.2) is 0 Å². The molecular weight excluding hydrogens is 272 g/mol. The number of methoxy groups -OCH3 is 1. The zero-order chi connectivity index (χ0) is 14.4. The van der Waals surface area contributed by atoms with Crippen LogP contribution in [0.1, 0.15) is 11.1 Å². The van der Waals surface area contributed by atoms with Crippen molar-refractivity contribution in [3.05, 3.63) is 64.7 Å². The molecule has 0 aliphatic rings. The van der Waals surface area contributed by atoms with Crippen molar-refractivity contribution in [1.82, 2.24) is 5.43 Å². The van der Waals surface area contributed by atoms with Gasteiger partial charge in [-0.1, -0.05) is 48.0 Å². The standard InChI is InChI=1S/C16H19ClN2O/c1-20-16-9-5-3-7-13(16)11-14(19-18)10-12-6-2-4-8-15(12)17/h2-9,14,19H,10-11,18H2,1H3. The number of rotatable bonds is 6. The van der Waals surface area contributed by atoms with Crippen LogP contribution in [0.25, 0.3) is 0 Å². The van der Waals surface area contributed by atoms with Gasteiger partial charge in [0.25, 0.3) is 0 Å². The van der Waals surface area contributed by atoms with Crippen LogP contribution in [0.15, 0.2) is 48.5 Å². The van der Waals surface area contributed by atoms with Gasteiger partial charge in [-0.2, -0.15) is 0 Å². The highest BCUT2D eigenvalue weighted by atomic mass is 35.5. The van der Waals surface area contributed by atoms with E-state index in [2.05, 4.69) is 11.5 Å². The Labute approximate surface area is 124 Å². The molecule has 0 amide bonds. The van der Waals surface area contributed by atoms with Crippen molar-refractivity contribution in [1.29, 1.82) is 0 Å². The Kier molecular flexibility index (Phi) is 5.41. The number of para-hydroxylation sites is 1. The van der Waals surface area contributed by atoms with E-state index in [-0.39, 0.29) is 6.04 Å². The minimum atomic E-state index is 0.103.